The van der Waals surface area contributed by atoms with Crippen molar-refractivity contribution in [3.05, 3.63) is 58.1 Å². The van der Waals surface area contributed by atoms with Gasteiger partial charge in [-0.3, -0.25) is 0 Å². The van der Waals surface area contributed by atoms with E-state index in [0.29, 0.717) is 5.92 Å². The predicted octanol–water partition coefficient (Wildman–Crippen LogP) is 6.23. The maximum Gasteiger partial charge on any atom is -0.0111 e. The van der Waals surface area contributed by atoms with Crippen molar-refractivity contribution in [1.29, 1.82) is 0 Å². The molecule has 0 amide bonds. The van der Waals surface area contributed by atoms with Crippen LogP contribution in [-0.4, -0.2) is 0 Å². The van der Waals surface area contributed by atoms with Gasteiger partial charge in [-0.25, -0.2) is 0 Å². The molecule has 0 bridgehead atoms. The number of aryl methyl sites for hydroxylation is 2. The summed E-state index contributed by atoms with van der Waals surface area (Å²) in [4.78, 5) is 0. The molecule has 0 aliphatic heterocycles. The molecule has 23 heavy (non-hydrogen) atoms. The number of rotatable bonds is 1. The van der Waals surface area contributed by atoms with Gasteiger partial charge in [0.25, 0.3) is 0 Å². The Labute approximate surface area is 140 Å². The van der Waals surface area contributed by atoms with Crippen LogP contribution in [0.5, 0.6) is 0 Å². The molecule has 0 heterocycles. The van der Waals surface area contributed by atoms with Crippen molar-refractivity contribution >= 4 is 0 Å². The summed E-state index contributed by atoms with van der Waals surface area (Å²) in [6.07, 6.45) is 7.92. The maximum absolute atomic E-state index is 2.59. The van der Waals surface area contributed by atoms with Gasteiger partial charge in [0.05, 0.1) is 0 Å². The minimum atomic E-state index is 0.710. The maximum atomic E-state index is 2.59. The fourth-order valence-corrected chi connectivity index (χ4v) is 4.76. The van der Waals surface area contributed by atoms with Gasteiger partial charge < -0.3 is 0 Å². The van der Waals surface area contributed by atoms with Crippen LogP contribution in [0, 0.1) is 12.8 Å². The molecule has 2 atom stereocenters. The minimum absolute atomic E-state index is 0.710. The first-order chi connectivity index (χ1) is 11.2. The fourth-order valence-electron chi connectivity index (χ4n) is 4.76. The third-order valence-corrected chi connectivity index (χ3v) is 6.33. The third-order valence-electron chi connectivity index (χ3n) is 6.33. The summed E-state index contributed by atoms with van der Waals surface area (Å²) in [6.45, 7) is 7.14. The molecule has 0 fully saturated rings. The van der Waals surface area contributed by atoms with Crippen molar-refractivity contribution in [3.63, 3.8) is 0 Å². The highest BCUT2D eigenvalue weighted by atomic mass is 14.4. The summed E-state index contributed by atoms with van der Waals surface area (Å²) < 4.78 is 0. The van der Waals surface area contributed by atoms with Crippen LogP contribution in [-0.2, 0) is 19.3 Å². The van der Waals surface area contributed by atoms with E-state index in [-0.39, 0.29) is 0 Å². The molecule has 2 unspecified atom stereocenters. The average molecular weight is 304 g/mol. The Hall–Kier alpha value is -1.56. The van der Waals surface area contributed by atoms with Gasteiger partial charge in [-0.1, -0.05) is 50.6 Å². The number of hydrogen-bond donors (Lipinski definition) is 0. The Morgan fingerprint density at radius 2 is 1.70 bits per heavy atom. The molecule has 0 nitrogen and oxygen atoms in total. The average Bonchev–Trinajstić information content (AvgIpc) is 2.73. The van der Waals surface area contributed by atoms with E-state index >= 15 is 0 Å². The summed E-state index contributed by atoms with van der Waals surface area (Å²) in [6, 6.07) is 11.6. The standard InChI is InChI=1S/C23H28/c1-15-9-7-8-11-19(15)23-20-12-6-4-5-10-18(20)14-21-17(3)16(2)13-22(21)23/h7-9,11,14,16-17H,4-6,10,12-13H2,1-3H3. The summed E-state index contributed by atoms with van der Waals surface area (Å²) in [7, 11) is 0. The third kappa shape index (κ3) is 2.43. The van der Waals surface area contributed by atoms with Crippen molar-refractivity contribution < 1.29 is 0 Å². The van der Waals surface area contributed by atoms with Gasteiger partial charge in [0.15, 0.2) is 0 Å². The Kier molecular flexibility index (Phi) is 3.79. The number of hydrogen-bond acceptors (Lipinski definition) is 0. The van der Waals surface area contributed by atoms with E-state index in [1.165, 1.54) is 49.7 Å². The van der Waals surface area contributed by atoms with Gasteiger partial charge in [-0.2, -0.15) is 0 Å². The quantitative estimate of drug-likeness (QED) is 0.548. The van der Waals surface area contributed by atoms with Gasteiger partial charge in [-0.05, 0) is 89.8 Å². The van der Waals surface area contributed by atoms with Crippen molar-refractivity contribution in [3.8, 4) is 11.1 Å². The topological polar surface area (TPSA) is 0 Å². The zero-order valence-electron chi connectivity index (χ0n) is 14.8. The van der Waals surface area contributed by atoms with Crippen molar-refractivity contribution in [1.82, 2.24) is 0 Å². The van der Waals surface area contributed by atoms with Crippen LogP contribution < -0.4 is 0 Å². The molecule has 0 N–H and O–H groups in total. The summed E-state index contributed by atoms with van der Waals surface area (Å²) in [5.41, 5.74) is 11.2. The smallest absolute Gasteiger partial charge is 0.0111 e. The normalized spacial score (nSPS) is 23.3. The first-order valence-corrected chi connectivity index (χ1v) is 9.40. The molecule has 0 saturated carbocycles. The van der Waals surface area contributed by atoms with E-state index in [4.69, 9.17) is 0 Å². The van der Waals surface area contributed by atoms with E-state index in [1.807, 2.05) is 0 Å². The van der Waals surface area contributed by atoms with Crippen LogP contribution in [0.3, 0.4) is 0 Å². The molecule has 2 aliphatic carbocycles. The molecule has 4 rings (SSSR count). The summed E-state index contributed by atoms with van der Waals surface area (Å²) in [5, 5.41) is 0. The Morgan fingerprint density at radius 3 is 2.52 bits per heavy atom. The van der Waals surface area contributed by atoms with E-state index < -0.39 is 0 Å². The highest BCUT2D eigenvalue weighted by molar-refractivity contribution is 5.77. The largest absolute Gasteiger partial charge is 0.0620 e. The summed E-state index contributed by atoms with van der Waals surface area (Å²) >= 11 is 0. The van der Waals surface area contributed by atoms with Crippen molar-refractivity contribution in [2.75, 3.05) is 0 Å². The molecule has 0 aromatic heterocycles. The molecule has 120 valence electrons. The lowest BCUT2D eigenvalue weighted by Crippen LogP contribution is -2.02. The Bertz CT molecular complexity index is 734. The van der Waals surface area contributed by atoms with Crippen LogP contribution in [0.4, 0.5) is 0 Å². The second-order valence-electron chi connectivity index (χ2n) is 7.80. The van der Waals surface area contributed by atoms with Crippen molar-refractivity contribution in [2.45, 2.75) is 65.2 Å². The molecule has 2 aliphatic rings. The number of fused-ring (bicyclic) bond motifs is 2. The van der Waals surface area contributed by atoms with E-state index in [2.05, 4.69) is 51.1 Å². The van der Waals surface area contributed by atoms with Crippen LogP contribution in [0.2, 0.25) is 0 Å². The van der Waals surface area contributed by atoms with Crippen LogP contribution in [0.15, 0.2) is 30.3 Å². The van der Waals surface area contributed by atoms with Gasteiger partial charge in [0.1, 0.15) is 0 Å². The van der Waals surface area contributed by atoms with Crippen molar-refractivity contribution in [2.24, 2.45) is 5.92 Å². The van der Waals surface area contributed by atoms with Gasteiger partial charge in [0, 0.05) is 0 Å². The summed E-state index contributed by atoms with van der Waals surface area (Å²) in [5.74, 6) is 1.49. The molecule has 0 radical (unpaired) electrons. The minimum Gasteiger partial charge on any atom is -0.0620 e. The second-order valence-corrected chi connectivity index (χ2v) is 7.80. The molecular formula is C23H28. The fraction of sp³-hybridized carbons (Fsp3) is 0.478. The SMILES string of the molecule is Cc1ccccc1-c1c2c(cc3c1CC(C)C3C)CCCCC2. The lowest BCUT2D eigenvalue weighted by atomic mass is 9.84. The highest BCUT2D eigenvalue weighted by Crippen LogP contribution is 2.46. The van der Waals surface area contributed by atoms with E-state index in [1.54, 1.807) is 27.8 Å². The van der Waals surface area contributed by atoms with Crippen LogP contribution >= 0.6 is 0 Å². The molecule has 2 aromatic carbocycles. The molecule has 0 spiro atoms. The van der Waals surface area contributed by atoms with Gasteiger partial charge in [-0.15, -0.1) is 0 Å². The molecular weight excluding hydrogens is 276 g/mol. The molecule has 0 heteroatoms. The van der Waals surface area contributed by atoms with Gasteiger partial charge >= 0.3 is 0 Å². The monoisotopic (exact) mass is 304 g/mol. The number of benzene rings is 2. The highest BCUT2D eigenvalue weighted by Gasteiger charge is 2.31. The molecule has 0 saturated heterocycles. The first kappa shape index (κ1) is 15.0. The van der Waals surface area contributed by atoms with Crippen LogP contribution in [0.25, 0.3) is 11.1 Å². The zero-order valence-corrected chi connectivity index (χ0v) is 14.8. The Morgan fingerprint density at radius 1 is 0.913 bits per heavy atom. The zero-order chi connectivity index (χ0) is 16.0. The van der Waals surface area contributed by atoms with Crippen LogP contribution in [0.1, 0.15) is 66.8 Å². The lowest BCUT2D eigenvalue weighted by Gasteiger charge is -2.20. The Balaban J connectivity index is 2.02. The van der Waals surface area contributed by atoms with Gasteiger partial charge in [0.2, 0.25) is 0 Å². The van der Waals surface area contributed by atoms with E-state index in [0.717, 1.165) is 5.92 Å². The first-order valence-electron chi connectivity index (χ1n) is 9.40. The van der Waals surface area contributed by atoms with E-state index in [9.17, 15) is 0 Å². The molecule has 2 aromatic rings. The predicted molar refractivity (Wildman–Crippen MR) is 99.2 cm³/mol. The lowest BCUT2D eigenvalue weighted by molar-refractivity contribution is 0.532. The second kappa shape index (κ2) is 5.82.